The predicted molar refractivity (Wildman–Crippen MR) is 111 cm³/mol. The van der Waals surface area contributed by atoms with Crippen LogP contribution in [-0.2, 0) is 11.0 Å². The van der Waals surface area contributed by atoms with Crippen molar-refractivity contribution in [2.45, 2.75) is 56.6 Å². The lowest BCUT2D eigenvalue weighted by atomic mass is 9.89. The molecule has 1 aromatic carbocycles. The lowest BCUT2D eigenvalue weighted by molar-refractivity contribution is -0.138. The van der Waals surface area contributed by atoms with Crippen LogP contribution in [0.1, 0.15) is 37.7 Å². The molecule has 6 nitrogen and oxygen atoms in total. The topological polar surface area (TPSA) is 107 Å². The molecule has 4 N–H and O–H groups in total. The highest BCUT2D eigenvalue weighted by Gasteiger charge is 2.39. The highest BCUT2D eigenvalue weighted by atomic mass is 19.4. The van der Waals surface area contributed by atoms with Gasteiger partial charge in [-0.05, 0) is 43.4 Å². The molecular weight excluding hydrogens is 429 g/mol. The molecule has 0 bridgehead atoms. The number of hydrogen-bond donors (Lipinski definition) is 4. The molecule has 1 aliphatic carbocycles. The van der Waals surface area contributed by atoms with Crippen molar-refractivity contribution in [3.05, 3.63) is 54.1 Å². The zero-order chi connectivity index (χ0) is 23.7. The van der Waals surface area contributed by atoms with Crippen LogP contribution in [0.5, 0.6) is 5.75 Å². The van der Waals surface area contributed by atoms with Crippen molar-refractivity contribution in [1.82, 2.24) is 0 Å². The van der Waals surface area contributed by atoms with Gasteiger partial charge in [0.25, 0.3) is 0 Å². The molecule has 2 rings (SSSR count). The number of unbranched alkanes of at least 4 members (excludes halogenated alkanes) is 1. The monoisotopic (exact) mass is 458 g/mol. The Hall–Kier alpha value is -2.36. The lowest BCUT2D eigenvalue weighted by Crippen LogP contribution is -2.21. The summed E-state index contributed by atoms with van der Waals surface area (Å²) in [5.74, 6) is -1.55. The van der Waals surface area contributed by atoms with E-state index in [4.69, 9.17) is 9.84 Å². The molecule has 0 aliphatic heterocycles. The second-order valence-corrected chi connectivity index (χ2v) is 7.89. The van der Waals surface area contributed by atoms with Gasteiger partial charge in [0.2, 0.25) is 0 Å². The zero-order valence-electron chi connectivity index (χ0n) is 17.5. The number of allylic oxidation sites excluding steroid dienone is 2. The number of ether oxygens (including phenoxy) is 1. The summed E-state index contributed by atoms with van der Waals surface area (Å²) in [5, 5.41) is 39.2. The van der Waals surface area contributed by atoms with E-state index in [9.17, 15) is 33.3 Å². The summed E-state index contributed by atoms with van der Waals surface area (Å²) >= 11 is 0. The number of carboxylic acids is 1. The number of hydrogen-bond acceptors (Lipinski definition) is 5. The Bertz CT molecular complexity index is 792. The van der Waals surface area contributed by atoms with Gasteiger partial charge in [-0.15, -0.1) is 0 Å². The van der Waals surface area contributed by atoms with E-state index in [1.54, 1.807) is 6.08 Å². The first-order valence-corrected chi connectivity index (χ1v) is 10.5. The van der Waals surface area contributed by atoms with E-state index in [0.717, 1.165) is 12.1 Å². The summed E-state index contributed by atoms with van der Waals surface area (Å²) in [6.07, 6.45) is 1.48. The van der Waals surface area contributed by atoms with Gasteiger partial charge in [-0.2, -0.15) is 13.2 Å². The molecular formula is C23H29F3O6. The first-order valence-electron chi connectivity index (χ1n) is 10.5. The van der Waals surface area contributed by atoms with Gasteiger partial charge in [-0.1, -0.05) is 30.4 Å². The van der Waals surface area contributed by atoms with Gasteiger partial charge in [-0.25, -0.2) is 0 Å². The number of aliphatic hydroxyl groups is 3. The van der Waals surface area contributed by atoms with Crippen LogP contribution in [0.3, 0.4) is 0 Å². The number of aliphatic hydroxyl groups excluding tert-OH is 3. The van der Waals surface area contributed by atoms with E-state index >= 15 is 0 Å². The molecule has 1 fully saturated rings. The van der Waals surface area contributed by atoms with E-state index in [0.29, 0.717) is 19.3 Å². The number of alkyl halides is 3. The van der Waals surface area contributed by atoms with E-state index in [1.807, 2.05) is 12.2 Å². The third kappa shape index (κ3) is 8.29. The quantitative estimate of drug-likeness (QED) is 0.298. The summed E-state index contributed by atoms with van der Waals surface area (Å²) in [4.78, 5) is 10.5. The molecule has 0 radical (unpaired) electrons. The Balaban J connectivity index is 1.87. The van der Waals surface area contributed by atoms with Crippen LogP contribution in [0.25, 0.3) is 0 Å². The Labute approximate surface area is 184 Å². The van der Waals surface area contributed by atoms with E-state index in [1.165, 1.54) is 18.2 Å². The summed E-state index contributed by atoms with van der Waals surface area (Å²) < 4.78 is 43.5. The van der Waals surface area contributed by atoms with Gasteiger partial charge < -0.3 is 25.2 Å². The van der Waals surface area contributed by atoms with Crippen LogP contribution >= 0.6 is 0 Å². The average molecular weight is 458 g/mol. The molecule has 1 saturated carbocycles. The Morgan fingerprint density at radius 3 is 2.66 bits per heavy atom. The molecule has 0 saturated heterocycles. The fourth-order valence-electron chi connectivity index (χ4n) is 3.70. The minimum atomic E-state index is -4.49. The first kappa shape index (κ1) is 25.9. The molecule has 0 heterocycles. The minimum absolute atomic E-state index is 0.0190. The largest absolute Gasteiger partial charge is 0.491 e. The van der Waals surface area contributed by atoms with Crippen LogP contribution < -0.4 is 4.74 Å². The number of halogens is 3. The van der Waals surface area contributed by atoms with Crippen LogP contribution in [0, 0.1) is 11.8 Å². The fourth-order valence-corrected chi connectivity index (χ4v) is 3.70. The smallest absolute Gasteiger partial charge is 0.416 e. The third-order valence-corrected chi connectivity index (χ3v) is 5.39. The summed E-state index contributed by atoms with van der Waals surface area (Å²) in [6, 6.07) is 4.36. The van der Waals surface area contributed by atoms with Crippen molar-refractivity contribution in [3.63, 3.8) is 0 Å². The van der Waals surface area contributed by atoms with Crippen molar-refractivity contribution in [3.8, 4) is 5.75 Å². The molecule has 1 aliphatic rings. The Kier molecular flexibility index (Phi) is 9.74. The van der Waals surface area contributed by atoms with Crippen LogP contribution in [0.4, 0.5) is 13.2 Å². The maximum Gasteiger partial charge on any atom is 0.416 e. The summed E-state index contributed by atoms with van der Waals surface area (Å²) in [6.45, 7) is -0.267. The maximum atomic E-state index is 12.8. The lowest BCUT2D eigenvalue weighted by Gasteiger charge is -2.19. The second-order valence-electron chi connectivity index (χ2n) is 7.89. The number of carbonyl (C=O) groups is 1. The molecule has 9 heteroatoms. The fraction of sp³-hybridized carbons (Fsp3) is 0.522. The van der Waals surface area contributed by atoms with Crippen molar-refractivity contribution < 1.29 is 43.1 Å². The van der Waals surface area contributed by atoms with Crippen LogP contribution in [0.15, 0.2) is 48.6 Å². The van der Waals surface area contributed by atoms with Gasteiger partial charge in [-0.3, -0.25) is 4.79 Å². The highest BCUT2D eigenvalue weighted by molar-refractivity contribution is 5.66. The average Bonchev–Trinajstić information content (AvgIpc) is 2.99. The maximum absolute atomic E-state index is 12.8. The minimum Gasteiger partial charge on any atom is -0.491 e. The number of rotatable bonds is 11. The zero-order valence-corrected chi connectivity index (χ0v) is 17.5. The van der Waals surface area contributed by atoms with Gasteiger partial charge >= 0.3 is 12.1 Å². The van der Waals surface area contributed by atoms with Crippen molar-refractivity contribution in [2.75, 3.05) is 6.61 Å². The summed E-state index contributed by atoms with van der Waals surface area (Å²) in [5.41, 5.74) is -0.845. The van der Waals surface area contributed by atoms with Gasteiger partial charge in [0.05, 0.1) is 17.8 Å². The molecule has 178 valence electrons. The molecule has 3 unspecified atom stereocenters. The van der Waals surface area contributed by atoms with E-state index < -0.39 is 41.9 Å². The SMILES string of the molecule is O=C(O)CCC/C=C\CC1C(O)CC(O)[C@@H]1/C=C/[C@@H](O)COc1cccc(C(F)(F)F)c1. The first-order chi connectivity index (χ1) is 15.1. The van der Waals surface area contributed by atoms with Gasteiger partial charge in [0.15, 0.2) is 0 Å². The van der Waals surface area contributed by atoms with Gasteiger partial charge in [0, 0.05) is 18.8 Å². The normalized spacial score (nSPS) is 24.9. The van der Waals surface area contributed by atoms with Crippen LogP contribution in [-0.4, -0.2) is 51.3 Å². The molecule has 5 atom stereocenters. The van der Waals surface area contributed by atoms with Crippen molar-refractivity contribution in [2.24, 2.45) is 11.8 Å². The Morgan fingerprint density at radius 2 is 1.97 bits per heavy atom. The Morgan fingerprint density at radius 1 is 1.22 bits per heavy atom. The summed E-state index contributed by atoms with van der Waals surface area (Å²) in [7, 11) is 0. The molecule has 0 spiro atoms. The number of carboxylic acid groups (broad SMARTS) is 1. The number of aliphatic carboxylic acids is 1. The van der Waals surface area contributed by atoms with E-state index in [-0.39, 0.29) is 31.1 Å². The standard InChI is InChI=1S/C23H29F3O6/c24-23(25,26)15-6-5-7-17(12-15)32-14-16(27)10-11-19-18(20(28)13-21(19)29)8-3-1-2-4-9-22(30)31/h1,3,5-7,10-12,16,18-21,27-29H,2,4,8-9,13-14H2,(H,30,31)/b3-1-,11-10+/t16-,18?,19-,20?,21?/m1/s1. The molecule has 0 aromatic heterocycles. The molecule has 0 amide bonds. The predicted octanol–water partition coefficient (Wildman–Crippen LogP) is 3.56. The van der Waals surface area contributed by atoms with Crippen molar-refractivity contribution in [1.29, 1.82) is 0 Å². The third-order valence-electron chi connectivity index (χ3n) is 5.39. The second kappa shape index (κ2) is 12.0. The molecule has 32 heavy (non-hydrogen) atoms. The van der Waals surface area contributed by atoms with E-state index in [2.05, 4.69) is 0 Å². The van der Waals surface area contributed by atoms with Crippen molar-refractivity contribution >= 4 is 5.97 Å². The van der Waals surface area contributed by atoms with Crippen LogP contribution in [0.2, 0.25) is 0 Å². The number of benzene rings is 1. The van der Waals surface area contributed by atoms with Gasteiger partial charge in [0.1, 0.15) is 18.5 Å². The molecule has 1 aromatic rings. The highest BCUT2D eigenvalue weighted by Crippen LogP contribution is 2.36.